The van der Waals surface area contributed by atoms with Crippen LogP contribution in [0.2, 0.25) is 0 Å². The van der Waals surface area contributed by atoms with Crippen LogP contribution in [0.25, 0.3) is 0 Å². The Morgan fingerprint density at radius 1 is 1.50 bits per heavy atom. The molecule has 1 atom stereocenters. The number of fused-ring (bicyclic) bond motifs is 1. The van der Waals surface area contributed by atoms with Gasteiger partial charge in [0.1, 0.15) is 5.78 Å². The third-order valence-corrected chi connectivity index (χ3v) is 3.74. The zero-order valence-corrected chi connectivity index (χ0v) is 10.7. The molecule has 1 aliphatic carbocycles. The summed E-state index contributed by atoms with van der Waals surface area (Å²) in [7, 11) is 0. The van der Waals surface area contributed by atoms with E-state index in [-0.39, 0.29) is 11.6 Å². The number of hydrogen-bond acceptors (Lipinski definition) is 2. The second-order valence-corrected chi connectivity index (χ2v) is 4.96. The molecule has 1 aliphatic rings. The largest absolute Gasteiger partial charge is 0.299 e. The smallest absolute Gasteiger partial charge is 0.173 e. The summed E-state index contributed by atoms with van der Waals surface area (Å²) < 4.78 is 0.935. The predicted molar refractivity (Wildman–Crippen MR) is 65.6 cm³/mol. The Balaban J connectivity index is 2.31. The lowest BCUT2D eigenvalue weighted by molar-refractivity contribution is -0.121. The maximum atomic E-state index is 12.0. The third kappa shape index (κ3) is 1.84. The molecule has 2 nitrogen and oxygen atoms in total. The minimum Gasteiger partial charge on any atom is -0.299 e. The van der Waals surface area contributed by atoms with Crippen LogP contribution in [0.3, 0.4) is 0 Å². The fourth-order valence-electron chi connectivity index (χ4n) is 2.16. The van der Waals surface area contributed by atoms with E-state index in [1.165, 1.54) is 0 Å². The second kappa shape index (κ2) is 4.50. The molecular weight excluding hydrogens is 268 g/mol. The van der Waals surface area contributed by atoms with Crippen molar-refractivity contribution in [2.75, 3.05) is 0 Å². The van der Waals surface area contributed by atoms with Crippen LogP contribution < -0.4 is 0 Å². The van der Waals surface area contributed by atoms with Crippen molar-refractivity contribution in [2.24, 2.45) is 5.92 Å². The van der Waals surface area contributed by atoms with Gasteiger partial charge in [0, 0.05) is 16.5 Å². The quantitative estimate of drug-likeness (QED) is 0.797. The highest BCUT2D eigenvalue weighted by atomic mass is 79.9. The number of halogens is 1. The van der Waals surface area contributed by atoms with E-state index < -0.39 is 5.92 Å². The van der Waals surface area contributed by atoms with Crippen LogP contribution >= 0.6 is 15.9 Å². The molecule has 0 saturated heterocycles. The van der Waals surface area contributed by atoms with Crippen LogP contribution in [-0.2, 0) is 11.2 Å². The summed E-state index contributed by atoms with van der Waals surface area (Å²) in [6.45, 7) is 1.96. The van der Waals surface area contributed by atoms with Crippen LogP contribution in [0, 0.1) is 5.92 Å². The van der Waals surface area contributed by atoms with Crippen molar-refractivity contribution in [3.8, 4) is 0 Å². The Bertz CT molecular complexity index is 451. The summed E-state index contributed by atoms with van der Waals surface area (Å²) in [5, 5.41) is 0. The third-order valence-electron chi connectivity index (χ3n) is 2.99. The zero-order valence-electron chi connectivity index (χ0n) is 9.13. The van der Waals surface area contributed by atoms with Crippen molar-refractivity contribution >= 4 is 27.5 Å². The summed E-state index contributed by atoms with van der Waals surface area (Å²) in [6, 6.07) is 5.56. The van der Waals surface area contributed by atoms with Gasteiger partial charge in [0.05, 0.1) is 5.92 Å². The number of hydrogen-bond donors (Lipinski definition) is 0. The van der Waals surface area contributed by atoms with Gasteiger partial charge in [0.25, 0.3) is 0 Å². The summed E-state index contributed by atoms with van der Waals surface area (Å²) in [5.41, 5.74) is 1.70. The molecule has 0 heterocycles. The molecule has 0 radical (unpaired) electrons. The molecule has 0 fully saturated rings. The van der Waals surface area contributed by atoms with Crippen molar-refractivity contribution in [2.45, 2.75) is 26.2 Å². The van der Waals surface area contributed by atoms with Gasteiger partial charge in [-0.05, 0) is 24.5 Å². The van der Waals surface area contributed by atoms with Gasteiger partial charge in [-0.2, -0.15) is 0 Å². The standard InChI is InChI=1S/C13H13BrO2/c1-2-4-12(15)10-7-9-8(13(10)16)5-3-6-11(9)14/h3,5-6,10H,2,4,7H2,1H3. The number of benzene rings is 1. The van der Waals surface area contributed by atoms with Crippen LogP contribution in [0.15, 0.2) is 22.7 Å². The van der Waals surface area contributed by atoms with Gasteiger partial charge in [-0.25, -0.2) is 0 Å². The lowest BCUT2D eigenvalue weighted by Crippen LogP contribution is -2.20. The van der Waals surface area contributed by atoms with E-state index in [0.29, 0.717) is 18.4 Å². The van der Waals surface area contributed by atoms with E-state index in [2.05, 4.69) is 15.9 Å². The first-order chi connectivity index (χ1) is 7.65. The average molecular weight is 281 g/mol. The van der Waals surface area contributed by atoms with Crippen LogP contribution in [-0.4, -0.2) is 11.6 Å². The monoisotopic (exact) mass is 280 g/mol. The Kier molecular flexibility index (Phi) is 3.24. The summed E-state index contributed by atoms with van der Waals surface area (Å²) >= 11 is 3.43. The molecule has 16 heavy (non-hydrogen) atoms. The van der Waals surface area contributed by atoms with Gasteiger partial charge in [0.15, 0.2) is 5.78 Å². The molecule has 1 aromatic rings. The molecule has 3 heteroatoms. The van der Waals surface area contributed by atoms with Crippen molar-refractivity contribution in [1.29, 1.82) is 0 Å². The van der Waals surface area contributed by atoms with Crippen LogP contribution in [0.1, 0.15) is 35.7 Å². The van der Waals surface area contributed by atoms with Crippen LogP contribution in [0.4, 0.5) is 0 Å². The van der Waals surface area contributed by atoms with E-state index in [0.717, 1.165) is 16.5 Å². The average Bonchev–Trinajstić information content (AvgIpc) is 2.59. The van der Waals surface area contributed by atoms with E-state index in [1.54, 1.807) is 0 Å². The molecule has 0 aromatic heterocycles. The number of carbonyl (C=O) groups excluding carboxylic acids is 2. The molecule has 0 amide bonds. The van der Waals surface area contributed by atoms with E-state index in [1.807, 2.05) is 25.1 Å². The molecule has 0 aliphatic heterocycles. The first-order valence-electron chi connectivity index (χ1n) is 5.49. The zero-order chi connectivity index (χ0) is 11.7. The highest BCUT2D eigenvalue weighted by Crippen LogP contribution is 2.33. The Hall–Kier alpha value is -0.960. The fourth-order valence-corrected chi connectivity index (χ4v) is 2.69. The summed E-state index contributed by atoms with van der Waals surface area (Å²) in [4.78, 5) is 23.8. The molecule has 1 aromatic carbocycles. The molecule has 0 saturated carbocycles. The second-order valence-electron chi connectivity index (χ2n) is 4.10. The molecule has 0 N–H and O–H groups in total. The maximum absolute atomic E-state index is 12.0. The molecule has 2 rings (SSSR count). The molecule has 0 bridgehead atoms. The van der Waals surface area contributed by atoms with Crippen molar-refractivity contribution in [3.63, 3.8) is 0 Å². The lowest BCUT2D eigenvalue weighted by Gasteiger charge is -2.04. The van der Waals surface area contributed by atoms with E-state index in [4.69, 9.17) is 0 Å². The topological polar surface area (TPSA) is 34.1 Å². The van der Waals surface area contributed by atoms with Crippen molar-refractivity contribution in [3.05, 3.63) is 33.8 Å². The minimum atomic E-state index is -0.436. The molecule has 1 unspecified atom stereocenters. The maximum Gasteiger partial charge on any atom is 0.173 e. The SMILES string of the molecule is CCCC(=O)C1Cc2c(Br)cccc2C1=O. The van der Waals surface area contributed by atoms with Gasteiger partial charge >= 0.3 is 0 Å². The molecule has 84 valence electrons. The first-order valence-corrected chi connectivity index (χ1v) is 6.28. The minimum absolute atomic E-state index is 0.00486. The van der Waals surface area contributed by atoms with Gasteiger partial charge in [0.2, 0.25) is 0 Å². The molecular formula is C13H13BrO2. The van der Waals surface area contributed by atoms with E-state index in [9.17, 15) is 9.59 Å². The Morgan fingerprint density at radius 2 is 2.25 bits per heavy atom. The Labute approximate surface area is 103 Å². The van der Waals surface area contributed by atoms with Gasteiger partial charge in [-0.1, -0.05) is 35.0 Å². The van der Waals surface area contributed by atoms with Gasteiger partial charge in [-0.15, -0.1) is 0 Å². The number of carbonyl (C=O) groups is 2. The van der Waals surface area contributed by atoms with E-state index >= 15 is 0 Å². The molecule has 0 spiro atoms. The predicted octanol–water partition coefficient (Wildman–Crippen LogP) is 3.17. The highest BCUT2D eigenvalue weighted by Gasteiger charge is 2.35. The number of rotatable bonds is 3. The van der Waals surface area contributed by atoms with Crippen molar-refractivity contribution < 1.29 is 9.59 Å². The summed E-state index contributed by atoms with van der Waals surface area (Å²) in [6.07, 6.45) is 1.87. The normalized spacial score (nSPS) is 18.6. The number of Topliss-reactive ketones (excluding diaryl/α,β-unsaturated/α-hetero) is 2. The Morgan fingerprint density at radius 3 is 2.88 bits per heavy atom. The summed E-state index contributed by atoms with van der Waals surface area (Å²) in [5.74, 6) is -0.362. The van der Waals surface area contributed by atoms with Crippen LogP contribution in [0.5, 0.6) is 0 Å². The van der Waals surface area contributed by atoms with Gasteiger partial charge in [-0.3, -0.25) is 9.59 Å². The fraction of sp³-hybridized carbons (Fsp3) is 0.385. The number of ketones is 2. The highest BCUT2D eigenvalue weighted by molar-refractivity contribution is 9.10. The van der Waals surface area contributed by atoms with Crippen molar-refractivity contribution in [1.82, 2.24) is 0 Å². The lowest BCUT2D eigenvalue weighted by atomic mass is 9.97. The first kappa shape index (κ1) is 11.5. The van der Waals surface area contributed by atoms with Gasteiger partial charge < -0.3 is 0 Å².